The molecule has 50 heavy (non-hydrogen) atoms. The van der Waals surface area contributed by atoms with Gasteiger partial charge in [-0.15, -0.1) is 0 Å². The predicted octanol–water partition coefficient (Wildman–Crippen LogP) is 11.6. The standard InChI is InChI=1S/C46H30N4/c1-5-14-31(15-6-1)32-24-26-36(27-25-32)45-48-44(35-20-11-4-12-21-35)49-46(50-45)37-28-29-39-41(30-37)47-43(34-18-9-3-10-19-34)40-23-13-22-38(42(39)40)33-16-7-2-8-17-33/h1-30H. The van der Waals surface area contributed by atoms with Crippen LogP contribution in [0.2, 0.25) is 0 Å². The van der Waals surface area contributed by atoms with Gasteiger partial charge in [0.1, 0.15) is 0 Å². The summed E-state index contributed by atoms with van der Waals surface area (Å²) in [5.74, 6) is 1.85. The Labute approximate surface area is 290 Å². The van der Waals surface area contributed by atoms with Crippen molar-refractivity contribution < 1.29 is 0 Å². The van der Waals surface area contributed by atoms with Gasteiger partial charge >= 0.3 is 0 Å². The van der Waals surface area contributed by atoms with E-state index in [9.17, 15) is 0 Å². The molecule has 2 heterocycles. The summed E-state index contributed by atoms with van der Waals surface area (Å²) >= 11 is 0. The van der Waals surface area contributed by atoms with E-state index in [1.807, 2.05) is 42.5 Å². The molecule has 0 aliphatic heterocycles. The summed E-state index contributed by atoms with van der Waals surface area (Å²) in [6, 6.07) is 62.8. The van der Waals surface area contributed by atoms with Crippen molar-refractivity contribution in [3.05, 3.63) is 182 Å². The minimum atomic E-state index is 0.599. The van der Waals surface area contributed by atoms with E-state index < -0.39 is 0 Å². The highest BCUT2D eigenvalue weighted by atomic mass is 15.0. The second kappa shape index (κ2) is 12.7. The van der Waals surface area contributed by atoms with Gasteiger partial charge in [0.25, 0.3) is 0 Å². The summed E-state index contributed by atoms with van der Waals surface area (Å²) < 4.78 is 0. The van der Waals surface area contributed by atoms with Crippen LogP contribution < -0.4 is 0 Å². The maximum Gasteiger partial charge on any atom is 0.164 e. The molecule has 0 fully saturated rings. The first kappa shape index (κ1) is 29.4. The van der Waals surface area contributed by atoms with E-state index >= 15 is 0 Å². The molecule has 0 radical (unpaired) electrons. The second-order valence-electron chi connectivity index (χ2n) is 12.3. The zero-order chi connectivity index (χ0) is 33.3. The molecule has 0 unspecified atom stereocenters. The molecule has 0 aliphatic carbocycles. The van der Waals surface area contributed by atoms with Crippen LogP contribution in [0.25, 0.3) is 89.4 Å². The van der Waals surface area contributed by atoms with Crippen LogP contribution in [0.4, 0.5) is 0 Å². The zero-order valence-corrected chi connectivity index (χ0v) is 27.1. The van der Waals surface area contributed by atoms with Crippen molar-refractivity contribution in [3.63, 3.8) is 0 Å². The van der Waals surface area contributed by atoms with Crippen molar-refractivity contribution in [2.24, 2.45) is 0 Å². The van der Waals surface area contributed by atoms with E-state index in [2.05, 4.69) is 140 Å². The minimum absolute atomic E-state index is 0.599. The third kappa shape index (κ3) is 5.49. The zero-order valence-electron chi connectivity index (χ0n) is 27.1. The smallest absolute Gasteiger partial charge is 0.164 e. The fourth-order valence-corrected chi connectivity index (χ4v) is 6.66. The summed E-state index contributed by atoms with van der Waals surface area (Å²) in [7, 11) is 0. The molecule has 0 bridgehead atoms. The average molecular weight is 639 g/mol. The summed E-state index contributed by atoms with van der Waals surface area (Å²) in [6.07, 6.45) is 0. The second-order valence-corrected chi connectivity index (χ2v) is 12.3. The maximum atomic E-state index is 5.32. The Balaban J connectivity index is 1.24. The molecular weight excluding hydrogens is 609 g/mol. The minimum Gasteiger partial charge on any atom is -0.247 e. The van der Waals surface area contributed by atoms with Gasteiger partial charge in [-0.3, -0.25) is 0 Å². The number of benzene rings is 7. The molecule has 9 aromatic rings. The van der Waals surface area contributed by atoms with Gasteiger partial charge < -0.3 is 0 Å². The number of hydrogen-bond donors (Lipinski definition) is 0. The Morgan fingerprint density at radius 2 is 0.740 bits per heavy atom. The molecule has 4 heteroatoms. The Kier molecular flexibility index (Phi) is 7.45. The lowest BCUT2D eigenvalue weighted by Crippen LogP contribution is -2.00. The first-order valence-corrected chi connectivity index (χ1v) is 16.7. The highest BCUT2D eigenvalue weighted by Crippen LogP contribution is 2.39. The van der Waals surface area contributed by atoms with Crippen molar-refractivity contribution >= 4 is 21.7 Å². The van der Waals surface area contributed by atoms with Crippen LogP contribution in [0, 0.1) is 0 Å². The molecule has 0 spiro atoms. The highest BCUT2D eigenvalue weighted by molar-refractivity contribution is 6.17. The van der Waals surface area contributed by atoms with Crippen molar-refractivity contribution in [3.8, 4) is 67.7 Å². The molecule has 0 amide bonds. The first-order valence-electron chi connectivity index (χ1n) is 16.7. The normalized spacial score (nSPS) is 11.2. The number of rotatable bonds is 6. The average Bonchev–Trinajstić information content (AvgIpc) is 3.21. The van der Waals surface area contributed by atoms with Crippen LogP contribution in [0.3, 0.4) is 0 Å². The Morgan fingerprint density at radius 3 is 1.36 bits per heavy atom. The number of fused-ring (bicyclic) bond motifs is 3. The number of nitrogens with zero attached hydrogens (tertiary/aromatic N) is 4. The van der Waals surface area contributed by atoms with Gasteiger partial charge in [0.2, 0.25) is 0 Å². The maximum absolute atomic E-state index is 5.32. The van der Waals surface area contributed by atoms with Gasteiger partial charge in [0.05, 0.1) is 11.2 Å². The van der Waals surface area contributed by atoms with Gasteiger partial charge in [0, 0.05) is 38.4 Å². The molecule has 9 rings (SSSR count). The van der Waals surface area contributed by atoms with Gasteiger partial charge in [-0.25, -0.2) is 19.9 Å². The van der Waals surface area contributed by atoms with Gasteiger partial charge in [-0.05, 0) is 28.3 Å². The first-order chi connectivity index (χ1) is 24.8. The fraction of sp³-hybridized carbons (Fsp3) is 0. The largest absolute Gasteiger partial charge is 0.247 e. The Hall–Kier alpha value is -6.78. The highest BCUT2D eigenvalue weighted by Gasteiger charge is 2.17. The molecule has 0 atom stereocenters. The molecule has 0 saturated carbocycles. The monoisotopic (exact) mass is 638 g/mol. The van der Waals surface area contributed by atoms with Crippen molar-refractivity contribution in [1.29, 1.82) is 0 Å². The van der Waals surface area contributed by atoms with Gasteiger partial charge in [0.15, 0.2) is 17.5 Å². The van der Waals surface area contributed by atoms with Gasteiger partial charge in [-0.2, -0.15) is 0 Å². The van der Waals surface area contributed by atoms with E-state index in [-0.39, 0.29) is 0 Å². The Bertz CT molecular complexity index is 2600. The quantitative estimate of drug-likeness (QED) is 0.170. The predicted molar refractivity (Wildman–Crippen MR) is 205 cm³/mol. The fourth-order valence-electron chi connectivity index (χ4n) is 6.66. The lowest BCUT2D eigenvalue weighted by molar-refractivity contribution is 1.07. The van der Waals surface area contributed by atoms with E-state index in [0.29, 0.717) is 17.5 Å². The number of pyridine rings is 1. The third-order valence-corrected chi connectivity index (χ3v) is 9.13. The summed E-state index contributed by atoms with van der Waals surface area (Å²) in [5, 5.41) is 3.37. The van der Waals surface area contributed by atoms with Crippen molar-refractivity contribution in [1.82, 2.24) is 19.9 Å². The Morgan fingerprint density at radius 1 is 0.280 bits per heavy atom. The van der Waals surface area contributed by atoms with Crippen LogP contribution in [-0.2, 0) is 0 Å². The lowest BCUT2D eigenvalue weighted by atomic mass is 9.92. The van der Waals surface area contributed by atoms with E-state index in [0.717, 1.165) is 49.8 Å². The summed E-state index contributed by atoms with van der Waals surface area (Å²) in [4.78, 5) is 20.4. The molecule has 234 valence electrons. The summed E-state index contributed by atoms with van der Waals surface area (Å²) in [5.41, 5.74) is 10.3. The van der Waals surface area contributed by atoms with E-state index in [1.165, 1.54) is 22.1 Å². The van der Waals surface area contributed by atoms with Crippen LogP contribution in [-0.4, -0.2) is 19.9 Å². The van der Waals surface area contributed by atoms with Crippen molar-refractivity contribution in [2.45, 2.75) is 0 Å². The molecule has 7 aromatic carbocycles. The molecular formula is C46H30N4. The third-order valence-electron chi connectivity index (χ3n) is 9.13. The van der Waals surface area contributed by atoms with Crippen LogP contribution in [0.1, 0.15) is 0 Å². The molecule has 0 saturated heterocycles. The molecule has 0 N–H and O–H groups in total. The van der Waals surface area contributed by atoms with Crippen molar-refractivity contribution in [2.75, 3.05) is 0 Å². The van der Waals surface area contributed by atoms with Crippen LogP contribution in [0.15, 0.2) is 182 Å². The van der Waals surface area contributed by atoms with E-state index in [1.54, 1.807) is 0 Å². The molecule has 4 nitrogen and oxygen atoms in total. The number of hydrogen-bond acceptors (Lipinski definition) is 4. The molecule has 0 aliphatic rings. The van der Waals surface area contributed by atoms with Crippen LogP contribution >= 0.6 is 0 Å². The molecule has 2 aromatic heterocycles. The SMILES string of the molecule is c1ccc(-c2ccc(-c3nc(-c4ccccc4)nc(-c4ccc5c(c4)nc(-c4ccccc4)c4cccc(-c6ccccc6)c45)n3)cc2)cc1. The summed E-state index contributed by atoms with van der Waals surface area (Å²) in [6.45, 7) is 0. The number of aromatic nitrogens is 4. The topological polar surface area (TPSA) is 51.6 Å². The van der Waals surface area contributed by atoms with Gasteiger partial charge in [-0.1, -0.05) is 176 Å². The van der Waals surface area contributed by atoms with Crippen LogP contribution in [0.5, 0.6) is 0 Å². The lowest BCUT2D eigenvalue weighted by Gasteiger charge is -2.15. The van der Waals surface area contributed by atoms with E-state index in [4.69, 9.17) is 19.9 Å².